The van der Waals surface area contributed by atoms with Gasteiger partial charge in [0.1, 0.15) is 10.7 Å². The summed E-state index contributed by atoms with van der Waals surface area (Å²) in [4.78, 5) is 19.8. The van der Waals surface area contributed by atoms with Crippen molar-refractivity contribution in [3.8, 4) is 11.4 Å². The SMILES string of the molecule is COCCn1c(-c2ccc(C)cc2)nc2sc(C)c(C)c2c1=O. The van der Waals surface area contributed by atoms with Crippen LogP contribution in [-0.2, 0) is 11.3 Å². The molecule has 0 aliphatic heterocycles. The lowest BCUT2D eigenvalue weighted by molar-refractivity contribution is 0.186. The van der Waals surface area contributed by atoms with Crippen LogP contribution in [0.2, 0.25) is 0 Å². The van der Waals surface area contributed by atoms with Gasteiger partial charge in [-0.2, -0.15) is 0 Å². The number of nitrogens with zero attached hydrogens (tertiary/aromatic N) is 2. The van der Waals surface area contributed by atoms with Gasteiger partial charge in [0.05, 0.1) is 18.5 Å². The van der Waals surface area contributed by atoms with E-state index in [0.29, 0.717) is 19.0 Å². The summed E-state index contributed by atoms with van der Waals surface area (Å²) in [6.45, 7) is 7.05. The first kappa shape index (κ1) is 15.9. The lowest BCUT2D eigenvalue weighted by Gasteiger charge is -2.12. The topological polar surface area (TPSA) is 44.1 Å². The van der Waals surface area contributed by atoms with Crippen LogP contribution in [0.3, 0.4) is 0 Å². The lowest BCUT2D eigenvalue weighted by Crippen LogP contribution is -2.25. The minimum atomic E-state index is 0.0180. The molecule has 0 saturated heterocycles. The molecule has 3 aromatic rings. The predicted octanol–water partition coefficient (Wildman–Crippen LogP) is 3.70. The highest BCUT2D eigenvalue weighted by Gasteiger charge is 2.17. The van der Waals surface area contributed by atoms with Gasteiger partial charge >= 0.3 is 0 Å². The second-order valence-electron chi connectivity index (χ2n) is 5.71. The molecule has 2 heterocycles. The molecule has 0 bridgehead atoms. The molecule has 0 fully saturated rings. The highest BCUT2D eigenvalue weighted by Crippen LogP contribution is 2.28. The summed E-state index contributed by atoms with van der Waals surface area (Å²) >= 11 is 1.58. The maximum atomic E-state index is 13.0. The summed E-state index contributed by atoms with van der Waals surface area (Å²) in [5.41, 5.74) is 3.19. The number of benzene rings is 1. The van der Waals surface area contributed by atoms with E-state index in [4.69, 9.17) is 9.72 Å². The Labute approximate surface area is 139 Å². The average molecular weight is 328 g/mol. The van der Waals surface area contributed by atoms with Gasteiger partial charge in [-0.15, -0.1) is 11.3 Å². The van der Waals surface area contributed by atoms with E-state index in [0.717, 1.165) is 26.2 Å². The summed E-state index contributed by atoms with van der Waals surface area (Å²) in [5, 5.41) is 0.736. The molecule has 2 aromatic heterocycles. The van der Waals surface area contributed by atoms with Crippen LogP contribution in [0.25, 0.3) is 21.6 Å². The number of hydrogen-bond acceptors (Lipinski definition) is 4. The van der Waals surface area contributed by atoms with E-state index in [9.17, 15) is 4.79 Å². The Bertz CT molecular complexity index is 907. The highest BCUT2D eigenvalue weighted by atomic mass is 32.1. The quantitative estimate of drug-likeness (QED) is 0.733. The normalized spacial score (nSPS) is 11.3. The molecule has 1 aromatic carbocycles. The average Bonchev–Trinajstić information content (AvgIpc) is 2.82. The van der Waals surface area contributed by atoms with Crippen molar-refractivity contribution in [2.75, 3.05) is 13.7 Å². The Morgan fingerprint density at radius 1 is 1.17 bits per heavy atom. The summed E-state index contributed by atoms with van der Waals surface area (Å²) in [6.07, 6.45) is 0. The molecule has 3 rings (SSSR count). The van der Waals surface area contributed by atoms with Crippen LogP contribution in [-0.4, -0.2) is 23.3 Å². The van der Waals surface area contributed by atoms with Crippen molar-refractivity contribution in [3.05, 3.63) is 50.6 Å². The van der Waals surface area contributed by atoms with Gasteiger partial charge in [-0.3, -0.25) is 9.36 Å². The lowest BCUT2D eigenvalue weighted by atomic mass is 10.1. The zero-order chi connectivity index (χ0) is 16.6. The van der Waals surface area contributed by atoms with Crippen molar-refractivity contribution >= 4 is 21.6 Å². The van der Waals surface area contributed by atoms with Gasteiger partial charge in [-0.1, -0.05) is 29.8 Å². The van der Waals surface area contributed by atoms with Gasteiger partial charge in [0, 0.05) is 17.6 Å². The number of methoxy groups -OCH3 is 1. The van der Waals surface area contributed by atoms with Gasteiger partial charge in [-0.05, 0) is 26.3 Å². The molecular formula is C18H20N2O2S. The van der Waals surface area contributed by atoms with Crippen molar-refractivity contribution in [1.82, 2.24) is 9.55 Å². The monoisotopic (exact) mass is 328 g/mol. The highest BCUT2D eigenvalue weighted by molar-refractivity contribution is 7.18. The van der Waals surface area contributed by atoms with Crippen LogP contribution in [0.1, 0.15) is 16.0 Å². The van der Waals surface area contributed by atoms with Crippen LogP contribution >= 0.6 is 11.3 Å². The van der Waals surface area contributed by atoms with Gasteiger partial charge in [-0.25, -0.2) is 4.98 Å². The number of hydrogen-bond donors (Lipinski definition) is 0. The van der Waals surface area contributed by atoms with Crippen LogP contribution < -0.4 is 5.56 Å². The molecular weight excluding hydrogens is 308 g/mol. The van der Waals surface area contributed by atoms with Crippen LogP contribution in [0.4, 0.5) is 0 Å². The van der Waals surface area contributed by atoms with Crippen LogP contribution in [0.15, 0.2) is 29.1 Å². The zero-order valence-corrected chi connectivity index (χ0v) is 14.7. The third-order valence-corrected chi connectivity index (χ3v) is 5.22. The molecule has 0 unspecified atom stereocenters. The van der Waals surface area contributed by atoms with E-state index >= 15 is 0 Å². The largest absolute Gasteiger partial charge is 0.383 e. The van der Waals surface area contributed by atoms with E-state index in [1.807, 2.05) is 45.0 Å². The van der Waals surface area contributed by atoms with E-state index in [2.05, 4.69) is 0 Å². The Morgan fingerprint density at radius 3 is 2.52 bits per heavy atom. The molecule has 0 spiro atoms. The molecule has 120 valence electrons. The van der Waals surface area contributed by atoms with Crippen molar-refractivity contribution in [2.45, 2.75) is 27.3 Å². The summed E-state index contributed by atoms with van der Waals surface area (Å²) in [7, 11) is 1.64. The second kappa shape index (κ2) is 6.26. The molecule has 0 aliphatic rings. The number of aromatic nitrogens is 2. The molecule has 5 heteroatoms. The fourth-order valence-electron chi connectivity index (χ4n) is 2.64. The Kier molecular flexibility index (Phi) is 4.33. The van der Waals surface area contributed by atoms with Crippen LogP contribution in [0.5, 0.6) is 0 Å². The molecule has 0 saturated carbocycles. The molecule has 0 aliphatic carbocycles. The summed E-state index contributed by atoms with van der Waals surface area (Å²) in [5.74, 6) is 0.709. The van der Waals surface area contributed by atoms with Gasteiger partial charge < -0.3 is 4.74 Å². The van der Waals surface area contributed by atoms with Crippen LogP contribution in [0, 0.1) is 20.8 Å². The van der Waals surface area contributed by atoms with Crippen molar-refractivity contribution < 1.29 is 4.74 Å². The first-order valence-electron chi connectivity index (χ1n) is 7.59. The van der Waals surface area contributed by atoms with Crippen molar-refractivity contribution in [3.63, 3.8) is 0 Å². The molecule has 0 N–H and O–H groups in total. The van der Waals surface area contributed by atoms with E-state index < -0.39 is 0 Å². The maximum Gasteiger partial charge on any atom is 0.262 e. The van der Waals surface area contributed by atoms with Gasteiger partial charge in [0.2, 0.25) is 0 Å². The van der Waals surface area contributed by atoms with E-state index in [1.54, 1.807) is 23.0 Å². The third kappa shape index (κ3) is 2.82. The summed E-state index contributed by atoms with van der Waals surface area (Å²) in [6, 6.07) is 8.10. The Hall–Kier alpha value is -1.98. The van der Waals surface area contributed by atoms with Gasteiger partial charge in [0.25, 0.3) is 5.56 Å². The van der Waals surface area contributed by atoms with E-state index in [1.165, 1.54) is 5.56 Å². The smallest absolute Gasteiger partial charge is 0.262 e. The Balaban J connectivity index is 2.30. The minimum Gasteiger partial charge on any atom is -0.383 e. The molecule has 0 atom stereocenters. The standard InChI is InChI=1S/C18H20N2O2S/c1-11-5-7-14(8-6-11)16-19-17-15(12(2)13(3)23-17)18(21)20(16)9-10-22-4/h5-8H,9-10H2,1-4H3. The minimum absolute atomic E-state index is 0.0180. The van der Waals surface area contributed by atoms with Crippen molar-refractivity contribution in [1.29, 1.82) is 0 Å². The number of aryl methyl sites for hydroxylation is 3. The summed E-state index contributed by atoms with van der Waals surface area (Å²) < 4.78 is 6.91. The zero-order valence-electron chi connectivity index (χ0n) is 13.8. The maximum absolute atomic E-state index is 13.0. The fraction of sp³-hybridized carbons (Fsp3) is 0.333. The first-order valence-corrected chi connectivity index (χ1v) is 8.41. The fourth-order valence-corrected chi connectivity index (χ4v) is 3.66. The van der Waals surface area contributed by atoms with Gasteiger partial charge in [0.15, 0.2) is 0 Å². The first-order chi connectivity index (χ1) is 11.0. The second-order valence-corrected chi connectivity index (χ2v) is 6.92. The number of ether oxygens (including phenoxy) is 1. The molecule has 0 radical (unpaired) electrons. The van der Waals surface area contributed by atoms with E-state index in [-0.39, 0.29) is 5.56 Å². The molecule has 0 amide bonds. The predicted molar refractivity (Wildman–Crippen MR) is 95.4 cm³/mol. The third-order valence-electron chi connectivity index (χ3n) is 4.12. The number of thiophene rings is 1. The Morgan fingerprint density at radius 2 is 1.87 bits per heavy atom. The molecule has 4 nitrogen and oxygen atoms in total. The molecule has 23 heavy (non-hydrogen) atoms. The van der Waals surface area contributed by atoms with Crippen molar-refractivity contribution in [2.24, 2.45) is 0 Å². The number of rotatable bonds is 4. The number of fused-ring (bicyclic) bond motifs is 1.